The van der Waals surface area contributed by atoms with Crippen LogP contribution in [0.5, 0.6) is 5.75 Å². The van der Waals surface area contributed by atoms with E-state index in [1.54, 1.807) is 0 Å². The molecule has 0 saturated carbocycles. The average molecular weight is 348 g/mol. The molecule has 0 unspecified atom stereocenters. The highest BCUT2D eigenvalue weighted by Gasteiger charge is 2.04. The Bertz CT molecular complexity index is 821. The zero-order chi connectivity index (χ0) is 18.8. The number of rotatable bonds is 7. The Labute approximate surface area is 154 Å². The predicted molar refractivity (Wildman–Crippen MR) is 107 cm³/mol. The van der Waals surface area contributed by atoms with E-state index in [1.165, 1.54) is 0 Å². The van der Waals surface area contributed by atoms with Gasteiger partial charge in [0.1, 0.15) is 5.75 Å². The molecule has 0 bridgehead atoms. The molecule has 0 aliphatic rings. The van der Waals surface area contributed by atoms with Crippen LogP contribution >= 0.6 is 0 Å². The number of ether oxygens (including phenoxy) is 1. The van der Waals surface area contributed by atoms with E-state index in [0.29, 0.717) is 11.5 Å². The minimum atomic E-state index is -0.293. The molecule has 0 saturated heterocycles. The number of carbonyl (C=O) groups excluding carboxylic acids is 1. The van der Waals surface area contributed by atoms with Gasteiger partial charge in [0.15, 0.2) is 6.61 Å². The average Bonchev–Trinajstić information content (AvgIpc) is 2.65. The third-order valence-corrected chi connectivity index (χ3v) is 3.60. The van der Waals surface area contributed by atoms with E-state index in [0.717, 1.165) is 16.7 Å². The van der Waals surface area contributed by atoms with Gasteiger partial charge in [-0.1, -0.05) is 60.7 Å². The third-order valence-electron chi connectivity index (χ3n) is 3.60. The van der Waals surface area contributed by atoms with Crippen LogP contribution in [-0.2, 0) is 4.79 Å². The summed E-state index contributed by atoms with van der Waals surface area (Å²) < 4.78 is 5.55. The van der Waals surface area contributed by atoms with Crippen molar-refractivity contribution in [3.63, 3.8) is 0 Å². The zero-order valence-corrected chi connectivity index (χ0v) is 15.4. The fourth-order valence-corrected chi connectivity index (χ4v) is 2.15. The first-order valence-electron chi connectivity index (χ1n) is 8.47. The molecule has 0 aromatic heterocycles. The van der Waals surface area contributed by atoms with Crippen molar-refractivity contribution in [3.8, 4) is 5.75 Å². The number of allylic oxidation sites excluding steroid dienone is 3. The predicted octanol–water partition coefficient (Wildman–Crippen LogP) is 4.44. The first-order chi connectivity index (χ1) is 12.5. The van der Waals surface area contributed by atoms with Crippen molar-refractivity contribution >= 4 is 17.7 Å². The summed E-state index contributed by atoms with van der Waals surface area (Å²) >= 11 is 0. The standard InChI is InChI=1S/C22H24N2O2/c1-17-13-14-18(2)21(15-17)26-16-22(25)24-23-19(3)9-7-8-12-20-10-5-4-6-11-20/h4-15H,16H2,1-3H3,(H,24,25)/b9-7+,12-8+,23-19-. The van der Waals surface area contributed by atoms with E-state index < -0.39 is 0 Å². The number of hydrazone groups is 1. The maximum absolute atomic E-state index is 11.9. The van der Waals surface area contributed by atoms with Gasteiger partial charge in [-0.3, -0.25) is 4.79 Å². The van der Waals surface area contributed by atoms with Crippen molar-refractivity contribution in [2.75, 3.05) is 6.61 Å². The lowest BCUT2D eigenvalue weighted by Gasteiger charge is -2.09. The van der Waals surface area contributed by atoms with Gasteiger partial charge in [-0.2, -0.15) is 5.10 Å². The van der Waals surface area contributed by atoms with Crippen molar-refractivity contribution in [2.45, 2.75) is 20.8 Å². The summed E-state index contributed by atoms with van der Waals surface area (Å²) in [5.41, 5.74) is 6.41. The van der Waals surface area contributed by atoms with Gasteiger partial charge in [-0.15, -0.1) is 0 Å². The molecule has 1 amide bonds. The molecular weight excluding hydrogens is 324 g/mol. The normalized spacial score (nSPS) is 11.9. The lowest BCUT2D eigenvalue weighted by Crippen LogP contribution is -2.25. The van der Waals surface area contributed by atoms with Gasteiger partial charge in [-0.05, 0) is 49.6 Å². The maximum Gasteiger partial charge on any atom is 0.277 e. The summed E-state index contributed by atoms with van der Waals surface area (Å²) in [6, 6.07) is 15.9. The molecule has 0 heterocycles. The quantitative estimate of drug-likeness (QED) is 0.457. The fourth-order valence-electron chi connectivity index (χ4n) is 2.15. The number of nitrogens with one attached hydrogen (secondary N) is 1. The van der Waals surface area contributed by atoms with Gasteiger partial charge in [0, 0.05) is 0 Å². The van der Waals surface area contributed by atoms with Gasteiger partial charge in [0.25, 0.3) is 5.91 Å². The molecule has 0 radical (unpaired) electrons. The molecule has 0 fully saturated rings. The lowest BCUT2D eigenvalue weighted by molar-refractivity contribution is -0.123. The summed E-state index contributed by atoms with van der Waals surface area (Å²) in [6.45, 7) is 5.68. The highest BCUT2D eigenvalue weighted by Crippen LogP contribution is 2.18. The maximum atomic E-state index is 11.9. The molecule has 2 rings (SSSR count). The van der Waals surface area contributed by atoms with Gasteiger partial charge in [0.2, 0.25) is 0 Å². The Hall–Kier alpha value is -3.14. The van der Waals surface area contributed by atoms with E-state index in [9.17, 15) is 4.79 Å². The van der Waals surface area contributed by atoms with Crippen molar-refractivity contribution in [1.82, 2.24) is 5.43 Å². The Kier molecular flexibility index (Phi) is 7.37. The molecule has 0 aliphatic heterocycles. The molecule has 2 aromatic carbocycles. The van der Waals surface area contributed by atoms with E-state index in [2.05, 4.69) is 10.5 Å². The molecule has 4 nitrogen and oxygen atoms in total. The third kappa shape index (κ3) is 6.77. The van der Waals surface area contributed by atoms with Crippen LogP contribution in [0.4, 0.5) is 0 Å². The van der Waals surface area contributed by atoms with Crippen LogP contribution in [0, 0.1) is 13.8 Å². The first-order valence-corrected chi connectivity index (χ1v) is 8.47. The highest BCUT2D eigenvalue weighted by atomic mass is 16.5. The van der Waals surface area contributed by atoms with Crippen LogP contribution < -0.4 is 10.2 Å². The molecular formula is C22H24N2O2. The van der Waals surface area contributed by atoms with E-state index in [4.69, 9.17) is 4.74 Å². The van der Waals surface area contributed by atoms with Crippen molar-refractivity contribution in [2.24, 2.45) is 5.10 Å². The molecule has 26 heavy (non-hydrogen) atoms. The van der Waals surface area contributed by atoms with Gasteiger partial charge >= 0.3 is 0 Å². The van der Waals surface area contributed by atoms with Gasteiger partial charge in [-0.25, -0.2) is 5.43 Å². The second kappa shape index (κ2) is 9.99. The second-order valence-corrected chi connectivity index (χ2v) is 5.97. The molecule has 134 valence electrons. The largest absolute Gasteiger partial charge is 0.483 e. The van der Waals surface area contributed by atoms with Crippen LogP contribution in [0.2, 0.25) is 0 Å². The summed E-state index contributed by atoms with van der Waals surface area (Å²) in [6.07, 6.45) is 7.63. The number of benzene rings is 2. The molecule has 0 atom stereocenters. The smallest absolute Gasteiger partial charge is 0.277 e. The van der Waals surface area contributed by atoms with Gasteiger partial charge < -0.3 is 4.74 Å². The summed E-state index contributed by atoms with van der Waals surface area (Å²) in [7, 11) is 0. The Morgan fingerprint density at radius 3 is 2.65 bits per heavy atom. The Balaban J connectivity index is 1.78. The second-order valence-electron chi connectivity index (χ2n) is 5.97. The van der Waals surface area contributed by atoms with Crippen LogP contribution in [0.15, 0.2) is 71.9 Å². The number of carbonyl (C=O) groups is 1. The van der Waals surface area contributed by atoms with Crippen molar-refractivity contribution < 1.29 is 9.53 Å². The molecule has 2 aromatic rings. The molecule has 1 N–H and O–H groups in total. The van der Waals surface area contributed by atoms with Crippen LogP contribution in [0.25, 0.3) is 6.08 Å². The Morgan fingerprint density at radius 2 is 1.88 bits per heavy atom. The number of hydrogen-bond acceptors (Lipinski definition) is 3. The zero-order valence-electron chi connectivity index (χ0n) is 15.4. The molecule has 4 heteroatoms. The van der Waals surface area contributed by atoms with Gasteiger partial charge in [0.05, 0.1) is 5.71 Å². The summed E-state index contributed by atoms with van der Waals surface area (Å²) in [4.78, 5) is 11.9. The fraction of sp³-hybridized carbons (Fsp3) is 0.182. The summed E-state index contributed by atoms with van der Waals surface area (Å²) in [5.74, 6) is 0.422. The molecule has 0 aliphatic carbocycles. The van der Waals surface area contributed by atoms with E-state index in [-0.39, 0.29) is 12.5 Å². The van der Waals surface area contributed by atoms with Crippen LogP contribution in [0.1, 0.15) is 23.6 Å². The summed E-state index contributed by atoms with van der Waals surface area (Å²) in [5, 5.41) is 4.04. The topological polar surface area (TPSA) is 50.7 Å². The minimum absolute atomic E-state index is 0.0707. The number of aryl methyl sites for hydroxylation is 2. The lowest BCUT2D eigenvalue weighted by atomic mass is 10.1. The molecule has 0 spiro atoms. The number of amides is 1. The minimum Gasteiger partial charge on any atom is -0.483 e. The SMILES string of the molecule is CC(/C=C/C=C/c1ccccc1)=N/NC(=O)COc1cc(C)ccc1C. The van der Waals surface area contributed by atoms with Crippen molar-refractivity contribution in [1.29, 1.82) is 0 Å². The van der Waals surface area contributed by atoms with Crippen LogP contribution in [0.3, 0.4) is 0 Å². The number of nitrogens with zero attached hydrogens (tertiary/aromatic N) is 1. The Morgan fingerprint density at radius 1 is 1.12 bits per heavy atom. The van der Waals surface area contributed by atoms with E-state index >= 15 is 0 Å². The van der Waals surface area contributed by atoms with Crippen LogP contribution in [-0.4, -0.2) is 18.2 Å². The monoisotopic (exact) mass is 348 g/mol. The highest BCUT2D eigenvalue weighted by molar-refractivity contribution is 5.94. The number of hydrogen-bond donors (Lipinski definition) is 1. The van der Waals surface area contributed by atoms with Crippen molar-refractivity contribution in [3.05, 3.63) is 83.4 Å². The van der Waals surface area contributed by atoms with E-state index in [1.807, 2.05) is 93.6 Å². The first kappa shape index (κ1) is 19.2.